The van der Waals surface area contributed by atoms with E-state index in [1.54, 1.807) is 0 Å². The van der Waals surface area contributed by atoms with Crippen LogP contribution in [0.2, 0.25) is 0 Å². The van der Waals surface area contributed by atoms with Crippen molar-refractivity contribution in [3.05, 3.63) is 29.3 Å². The van der Waals surface area contributed by atoms with Gasteiger partial charge in [-0.2, -0.15) is 13.2 Å². The summed E-state index contributed by atoms with van der Waals surface area (Å²) < 4.78 is 61.7. The molecule has 3 fully saturated rings. The van der Waals surface area contributed by atoms with Crippen LogP contribution < -0.4 is 4.74 Å². The van der Waals surface area contributed by atoms with E-state index in [0.29, 0.717) is 31.6 Å². The molecule has 3 aliphatic rings. The summed E-state index contributed by atoms with van der Waals surface area (Å²) in [6.45, 7) is 3.24. The van der Waals surface area contributed by atoms with E-state index < -0.39 is 23.5 Å². The van der Waals surface area contributed by atoms with Gasteiger partial charge in [0.15, 0.2) is 6.79 Å². The number of ether oxygens (including phenoxy) is 4. The lowest BCUT2D eigenvalue weighted by Crippen LogP contribution is -2.38. The average Bonchev–Trinajstić information content (AvgIpc) is 3.37. The highest BCUT2D eigenvalue weighted by atomic mass is 19.4. The molecule has 1 heterocycles. The number of carbonyl (C=O) groups excluding carboxylic acids is 1. The molecule has 0 spiro atoms. The van der Waals surface area contributed by atoms with Crippen molar-refractivity contribution < 1.29 is 36.9 Å². The molecule has 2 aliphatic carbocycles. The largest absolute Gasteiger partial charge is 0.467 e. The van der Waals surface area contributed by atoms with E-state index in [4.69, 9.17) is 18.9 Å². The summed E-state index contributed by atoms with van der Waals surface area (Å²) in [5.41, 5.74) is -0.918. The maximum absolute atomic E-state index is 13.4. The third-order valence-electron chi connectivity index (χ3n) is 6.44. The topological polar surface area (TPSA) is 57.2 Å². The van der Waals surface area contributed by atoms with Crippen molar-refractivity contribution in [2.75, 3.05) is 46.2 Å². The van der Waals surface area contributed by atoms with Crippen LogP contribution in [0.15, 0.2) is 18.2 Å². The SMILES string of the molecule is O=C(OCCN1CCOCC1)c1ccc(C(F)(F)F)c(OCOC2CC3CCC2C3)c1. The molecule has 2 saturated carbocycles. The van der Waals surface area contributed by atoms with Crippen LogP contribution in [0.4, 0.5) is 13.2 Å². The Hall–Kier alpha value is -1.84. The molecule has 0 N–H and O–H groups in total. The third-order valence-corrected chi connectivity index (χ3v) is 6.44. The predicted molar refractivity (Wildman–Crippen MR) is 105 cm³/mol. The zero-order chi connectivity index (χ0) is 21.8. The third kappa shape index (κ3) is 5.70. The molecule has 4 rings (SSSR count). The van der Waals surface area contributed by atoms with Gasteiger partial charge in [0.2, 0.25) is 0 Å². The first-order valence-corrected chi connectivity index (χ1v) is 10.8. The molecule has 172 valence electrons. The summed E-state index contributed by atoms with van der Waals surface area (Å²) in [6, 6.07) is 3.05. The molecule has 1 aromatic carbocycles. The Morgan fingerprint density at radius 3 is 2.65 bits per heavy atom. The molecule has 2 bridgehead atoms. The van der Waals surface area contributed by atoms with Crippen LogP contribution in [0.25, 0.3) is 0 Å². The second-order valence-corrected chi connectivity index (χ2v) is 8.44. The molecule has 0 radical (unpaired) electrons. The number of alkyl halides is 3. The van der Waals surface area contributed by atoms with Crippen molar-refractivity contribution in [1.29, 1.82) is 0 Å². The number of morpholine rings is 1. The summed E-state index contributed by atoms with van der Waals surface area (Å²) in [7, 11) is 0. The minimum atomic E-state index is -4.60. The normalized spacial score (nSPS) is 26.2. The first-order chi connectivity index (χ1) is 14.9. The van der Waals surface area contributed by atoms with E-state index in [1.807, 2.05) is 0 Å². The Bertz CT molecular complexity index is 766. The molecule has 3 atom stereocenters. The maximum Gasteiger partial charge on any atom is 0.419 e. The van der Waals surface area contributed by atoms with Crippen LogP contribution in [0.1, 0.15) is 41.6 Å². The molecule has 1 aliphatic heterocycles. The van der Waals surface area contributed by atoms with E-state index >= 15 is 0 Å². The van der Waals surface area contributed by atoms with E-state index in [9.17, 15) is 18.0 Å². The number of rotatable bonds is 8. The van der Waals surface area contributed by atoms with E-state index in [2.05, 4.69) is 4.90 Å². The average molecular weight is 443 g/mol. The van der Waals surface area contributed by atoms with Crippen LogP contribution in [-0.2, 0) is 20.4 Å². The van der Waals surface area contributed by atoms with Gasteiger partial charge in [-0.25, -0.2) is 4.79 Å². The van der Waals surface area contributed by atoms with E-state index in [0.717, 1.165) is 50.6 Å². The molecule has 1 aromatic rings. The fourth-order valence-electron chi connectivity index (χ4n) is 4.75. The van der Waals surface area contributed by atoms with Gasteiger partial charge in [0.1, 0.15) is 12.4 Å². The van der Waals surface area contributed by atoms with Gasteiger partial charge in [0, 0.05) is 19.6 Å². The van der Waals surface area contributed by atoms with Crippen LogP contribution in [0.5, 0.6) is 5.75 Å². The zero-order valence-corrected chi connectivity index (χ0v) is 17.4. The molecule has 0 amide bonds. The number of esters is 1. The van der Waals surface area contributed by atoms with Crippen molar-refractivity contribution in [3.63, 3.8) is 0 Å². The Morgan fingerprint density at radius 1 is 1.16 bits per heavy atom. The zero-order valence-electron chi connectivity index (χ0n) is 17.4. The van der Waals surface area contributed by atoms with E-state index in [-0.39, 0.29) is 25.1 Å². The van der Waals surface area contributed by atoms with Crippen molar-refractivity contribution in [2.24, 2.45) is 11.8 Å². The standard InChI is InChI=1S/C22H28F3NO5/c23-22(24,25)18-4-3-17(21(27)29-10-7-26-5-8-28-9-6-26)13-20(18)31-14-30-19-12-15-1-2-16(19)11-15/h3-4,13,15-16,19H,1-2,5-12,14H2. The van der Waals surface area contributed by atoms with Gasteiger partial charge >= 0.3 is 12.1 Å². The quantitative estimate of drug-likeness (QED) is 0.451. The monoisotopic (exact) mass is 443 g/mol. The Labute approximate surface area is 179 Å². The van der Waals surface area contributed by atoms with Crippen molar-refractivity contribution in [1.82, 2.24) is 4.90 Å². The van der Waals surface area contributed by atoms with Gasteiger partial charge in [0.25, 0.3) is 0 Å². The summed E-state index contributed by atoms with van der Waals surface area (Å²) >= 11 is 0. The first-order valence-electron chi connectivity index (χ1n) is 10.8. The highest BCUT2D eigenvalue weighted by molar-refractivity contribution is 5.90. The van der Waals surface area contributed by atoms with Crippen molar-refractivity contribution in [3.8, 4) is 5.75 Å². The number of benzene rings is 1. The highest BCUT2D eigenvalue weighted by Crippen LogP contribution is 2.46. The molecular formula is C22H28F3NO5. The Kier molecular flexibility index (Phi) is 7.03. The molecule has 3 unspecified atom stereocenters. The Balaban J connectivity index is 1.33. The molecule has 31 heavy (non-hydrogen) atoms. The number of hydrogen-bond donors (Lipinski definition) is 0. The summed E-state index contributed by atoms with van der Waals surface area (Å²) in [4.78, 5) is 14.4. The number of hydrogen-bond acceptors (Lipinski definition) is 6. The minimum absolute atomic E-state index is 0.0184. The second kappa shape index (κ2) is 9.75. The molecule has 0 aromatic heterocycles. The first kappa shape index (κ1) is 22.4. The predicted octanol–water partition coefficient (Wildman–Crippen LogP) is 3.74. The number of halogens is 3. The lowest BCUT2D eigenvalue weighted by atomic mass is 9.98. The Morgan fingerprint density at radius 2 is 1.97 bits per heavy atom. The fourth-order valence-corrected chi connectivity index (χ4v) is 4.75. The van der Waals surface area contributed by atoms with E-state index in [1.165, 1.54) is 6.42 Å². The molecule has 9 heteroatoms. The second-order valence-electron chi connectivity index (χ2n) is 8.44. The smallest absolute Gasteiger partial charge is 0.419 e. The number of fused-ring (bicyclic) bond motifs is 2. The van der Waals surface area contributed by atoms with Gasteiger partial charge in [0.05, 0.1) is 30.4 Å². The van der Waals surface area contributed by atoms with Gasteiger partial charge in [-0.3, -0.25) is 4.90 Å². The fraction of sp³-hybridized carbons (Fsp3) is 0.682. The maximum atomic E-state index is 13.4. The number of nitrogens with zero attached hydrogens (tertiary/aromatic N) is 1. The number of carbonyl (C=O) groups is 1. The summed E-state index contributed by atoms with van der Waals surface area (Å²) in [6.07, 6.45) is -0.171. The lowest BCUT2D eigenvalue weighted by Gasteiger charge is -2.26. The molecular weight excluding hydrogens is 415 g/mol. The van der Waals surface area contributed by atoms with Gasteiger partial charge in [-0.15, -0.1) is 0 Å². The van der Waals surface area contributed by atoms with Crippen molar-refractivity contribution in [2.45, 2.75) is 38.0 Å². The summed E-state index contributed by atoms with van der Waals surface area (Å²) in [5, 5.41) is 0. The highest BCUT2D eigenvalue weighted by Gasteiger charge is 2.40. The lowest BCUT2D eigenvalue weighted by molar-refractivity contribution is -0.140. The van der Waals surface area contributed by atoms with Crippen LogP contribution >= 0.6 is 0 Å². The van der Waals surface area contributed by atoms with Gasteiger partial charge in [-0.05, 0) is 55.7 Å². The van der Waals surface area contributed by atoms with Crippen LogP contribution in [0.3, 0.4) is 0 Å². The van der Waals surface area contributed by atoms with Gasteiger partial charge in [-0.1, -0.05) is 0 Å². The van der Waals surface area contributed by atoms with Crippen LogP contribution in [0, 0.1) is 11.8 Å². The summed E-state index contributed by atoms with van der Waals surface area (Å²) in [5.74, 6) is 0.0407. The molecule has 6 nitrogen and oxygen atoms in total. The van der Waals surface area contributed by atoms with Crippen molar-refractivity contribution >= 4 is 5.97 Å². The van der Waals surface area contributed by atoms with Crippen LogP contribution in [-0.4, -0.2) is 63.2 Å². The minimum Gasteiger partial charge on any atom is -0.467 e. The van der Waals surface area contributed by atoms with Gasteiger partial charge < -0.3 is 18.9 Å². The molecule has 1 saturated heterocycles.